The lowest BCUT2D eigenvalue weighted by Gasteiger charge is -2.26. The molecule has 5 rings (SSSR count). The maximum atomic E-state index is 12.9. The van der Waals surface area contributed by atoms with Crippen molar-refractivity contribution in [3.8, 4) is 22.5 Å². The van der Waals surface area contributed by atoms with Crippen molar-refractivity contribution >= 4 is 36.8 Å². The van der Waals surface area contributed by atoms with Crippen LogP contribution in [0.1, 0.15) is 43.2 Å². The summed E-state index contributed by atoms with van der Waals surface area (Å²) in [5.74, 6) is -0.805. The first-order valence-electron chi connectivity index (χ1n) is 13.4. The summed E-state index contributed by atoms with van der Waals surface area (Å²) >= 11 is 0. The summed E-state index contributed by atoms with van der Waals surface area (Å²) < 4.78 is 19.0. The maximum Gasteiger partial charge on any atom is 0.336 e. The molecule has 4 aromatic rings. The van der Waals surface area contributed by atoms with Crippen molar-refractivity contribution in [1.29, 1.82) is 0 Å². The highest BCUT2D eigenvalue weighted by Crippen LogP contribution is 2.29. The summed E-state index contributed by atoms with van der Waals surface area (Å²) in [5, 5.41) is 21.7. The molecule has 0 atom stereocenters. The second kappa shape index (κ2) is 16.2. The molecule has 1 aliphatic rings. The monoisotopic (exact) mass is 631 g/mol. The lowest BCUT2D eigenvalue weighted by Crippen LogP contribution is -2.42. The third-order valence-corrected chi connectivity index (χ3v) is 7.14. The highest BCUT2D eigenvalue weighted by Gasteiger charge is 2.20. The Balaban J connectivity index is 0.000000287. The maximum absolute atomic E-state index is 12.9. The van der Waals surface area contributed by atoms with Crippen molar-refractivity contribution in [3.63, 3.8) is 0 Å². The van der Waals surface area contributed by atoms with Crippen LogP contribution in [0.5, 0.6) is 0 Å². The average Bonchev–Trinajstić information content (AvgIpc) is 3.33. The number of halogens is 3. The molecule has 2 heterocycles. The number of nitrogens with zero attached hydrogens (tertiary/aromatic N) is 1. The van der Waals surface area contributed by atoms with Crippen LogP contribution in [0.4, 0.5) is 4.39 Å². The molecule has 0 spiro atoms. The normalized spacial score (nSPS) is 12.7. The second-order valence-electron chi connectivity index (χ2n) is 9.92. The van der Waals surface area contributed by atoms with Gasteiger partial charge in [-0.1, -0.05) is 42.5 Å². The number of furan rings is 1. The number of nitrogens with one attached hydrogen (secondary N) is 1. The van der Waals surface area contributed by atoms with Crippen molar-refractivity contribution in [1.82, 2.24) is 10.2 Å². The van der Waals surface area contributed by atoms with E-state index < -0.39 is 17.8 Å². The molecule has 1 fully saturated rings. The summed E-state index contributed by atoms with van der Waals surface area (Å²) in [7, 11) is 0. The van der Waals surface area contributed by atoms with Crippen LogP contribution < -0.4 is 11.1 Å². The lowest BCUT2D eigenvalue weighted by atomic mass is 9.92. The van der Waals surface area contributed by atoms with Gasteiger partial charge in [-0.25, -0.2) is 14.0 Å². The zero-order chi connectivity index (χ0) is 29.5. The fourth-order valence-corrected chi connectivity index (χ4v) is 4.79. The number of aromatic carboxylic acids is 2. The molecule has 0 amide bonds. The molecule has 230 valence electrons. The molecule has 0 bridgehead atoms. The molecule has 1 saturated heterocycles. The van der Waals surface area contributed by atoms with Crippen molar-refractivity contribution in [2.75, 3.05) is 26.2 Å². The van der Waals surface area contributed by atoms with Crippen LogP contribution in [0.15, 0.2) is 71.1 Å². The first-order valence-corrected chi connectivity index (χ1v) is 13.4. The van der Waals surface area contributed by atoms with Gasteiger partial charge < -0.3 is 25.7 Å². The van der Waals surface area contributed by atoms with Gasteiger partial charge in [-0.05, 0) is 65.9 Å². The molecule has 1 aromatic heterocycles. The molecular weight excluding hydrogens is 596 g/mol. The minimum absolute atomic E-state index is 0. The highest BCUT2D eigenvalue weighted by molar-refractivity contribution is 6.02. The van der Waals surface area contributed by atoms with E-state index in [1.165, 1.54) is 48.9 Å². The molecule has 8 nitrogen and oxygen atoms in total. The van der Waals surface area contributed by atoms with Crippen LogP contribution in [0.2, 0.25) is 0 Å². The summed E-state index contributed by atoms with van der Waals surface area (Å²) in [6.45, 7) is 9.33. The third kappa shape index (κ3) is 8.89. The van der Waals surface area contributed by atoms with Crippen molar-refractivity contribution < 1.29 is 28.6 Å². The molecule has 3 aromatic carbocycles. The first kappa shape index (κ1) is 35.5. The van der Waals surface area contributed by atoms with Crippen molar-refractivity contribution in [2.24, 2.45) is 5.73 Å². The molecule has 0 radical (unpaired) electrons. The van der Waals surface area contributed by atoms with Crippen LogP contribution in [0.3, 0.4) is 0 Å². The predicted octanol–water partition coefficient (Wildman–Crippen LogP) is 6.16. The van der Waals surface area contributed by atoms with E-state index in [1.807, 2.05) is 0 Å². The second-order valence-corrected chi connectivity index (χ2v) is 9.92. The van der Waals surface area contributed by atoms with Gasteiger partial charge in [0, 0.05) is 38.3 Å². The van der Waals surface area contributed by atoms with E-state index in [4.69, 9.17) is 15.3 Å². The van der Waals surface area contributed by atoms with Crippen molar-refractivity contribution in [2.45, 2.75) is 26.9 Å². The topological polar surface area (TPSA) is 129 Å². The van der Waals surface area contributed by atoms with Gasteiger partial charge >= 0.3 is 11.9 Å². The number of piperazine rings is 1. The number of aryl methyl sites for hydroxylation is 1. The number of rotatable bonds is 7. The van der Waals surface area contributed by atoms with Crippen LogP contribution >= 0.6 is 24.8 Å². The number of benzene rings is 3. The fourth-order valence-electron chi connectivity index (χ4n) is 4.79. The fraction of sp³-hybridized carbons (Fsp3) is 0.250. The Hall–Kier alpha value is -3.73. The van der Waals surface area contributed by atoms with E-state index in [2.05, 4.69) is 47.5 Å². The van der Waals surface area contributed by atoms with Gasteiger partial charge in [0.25, 0.3) is 0 Å². The predicted molar refractivity (Wildman–Crippen MR) is 170 cm³/mol. The standard InChI is InChI=1S/C17H23N3O.C15H11FO4.2ClH/c1-13-10-16(15-4-2-14(11-18)3-5-15)21-17(13)12-20-8-6-19-7-9-20;1-8-11(14(17)18)6-7-12(13(8)15(19)20)9-2-4-10(16)5-3-9;;/h2-5,10,19H,6-9,11-12,18H2,1H3;2-7H,1H3,(H,17,18)(H,19,20);2*1H. The van der Waals surface area contributed by atoms with E-state index in [-0.39, 0.29) is 41.5 Å². The third-order valence-electron chi connectivity index (χ3n) is 7.14. The Kier molecular flexibility index (Phi) is 13.4. The van der Waals surface area contributed by atoms with E-state index >= 15 is 0 Å². The molecular formula is C32H36Cl2FN3O5. The zero-order valence-electron chi connectivity index (χ0n) is 23.9. The number of hydrogen-bond acceptors (Lipinski definition) is 6. The number of hydrogen-bond donors (Lipinski definition) is 4. The Morgan fingerprint density at radius 2 is 1.51 bits per heavy atom. The van der Waals surface area contributed by atoms with E-state index in [1.54, 1.807) is 0 Å². The van der Waals surface area contributed by atoms with Gasteiger partial charge in [0.15, 0.2) is 0 Å². The van der Waals surface area contributed by atoms with Gasteiger partial charge in [-0.15, -0.1) is 24.8 Å². The minimum Gasteiger partial charge on any atom is -0.478 e. The smallest absolute Gasteiger partial charge is 0.336 e. The van der Waals surface area contributed by atoms with E-state index in [0.717, 1.165) is 55.4 Å². The molecule has 43 heavy (non-hydrogen) atoms. The van der Waals surface area contributed by atoms with Crippen LogP contribution in [-0.4, -0.2) is 53.2 Å². The van der Waals surface area contributed by atoms with Crippen LogP contribution in [0, 0.1) is 19.7 Å². The Bertz CT molecular complexity index is 1520. The number of carboxylic acid groups (broad SMARTS) is 2. The first-order chi connectivity index (χ1) is 19.7. The Morgan fingerprint density at radius 3 is 2.07 bits per heavy atom. The van der Waals surface area contributed by atoms with Gasteiger partial charge in [0.05, 0.1) is 17.7 Å². The van der Waals surface area contributed by atoms with Gasteiger partial charge in [-0.3, -0.25) is 4.90 Å². The van der Waals surface area contributed by atoms with Crippen molar-refractivity contribution in [3.05, 3.63) is 106 Å². The Morgan fingerprint density at radius 1 is 0.907 bits per heavy atom. The number of carboxylic acids is 2. The zero-order valence-corrected chi connectivity index (χ0v) is 25.6. The van der Waals surface area contributed by atoms with E-state index in [9.17, 15) is 19.1 Å². The summed E-state index contributed by atoms with van der Waals surface area (Å²) in [5.41, 5.74) is 10.0. The number of nitrogens with two attached hydrogens (primary N) is 1. The van der Waals surface area contributed by atoms with Gasteiger partial charge in [0.1, 0.15) is 17.3 Å². The molecule has 0 saturated carbocycles. The van der Waals surface area contributed by atoms with Crippen LogP contribution in [0.25, 0.3) is 22.5 Å². The largest absolute Gasteiger partial charge is 0.478 e. The number of carbonyl (C=O) groups is 2. The van der Waals surface area contributed by atoms with Crippen LogP contribution in [-0.2, 0) is 13.1 Å². The molecule has 11 heteroatoms. The minimum atomic E-state index is -1.22. The van der Waals surface area contributed by atoms with Gasteiger partial charge in [-0.2, -0.15) is 0 Å². The van der Waals surface area contributed by atoms with E-state index in [0.29, 0.717) is 17.7 Å². The Labute approximate surface area is 262 Å². The highest BCUT2D eigenvalue weighted by atomic mass is 35.5. The SMILES string of the molecule is Cc1c(C(=O)O)ccc(-c2ccc(F)cc2)c1C(=O)O.Cc1cc(-c2ccc(CN)cc2)oc1CN1CCNCC1.Cl.Cl. The molecule has 1 aliphatic heterocycles. The quantitative estimate of drug-likeness (QED) is 0.191. The summed E-state index contributed by atoms with van der Waals surface area (Å²) in [6, 6.07) is 18.5. The average molecular weight is 633 g/mol. The summed E-state index contributed by atoms with van der Waals surface area (Å²) in [6.07, 6.45) is 0. The molecule has 0 aliphatic carbocycles. The molecule has 5 N–H and O–H groups in total. The lowest BCUT2D eigenvalue weighted by molar-refractivity contribution is 0.0696. The summed E-state index contributed by atoms with van der Waals surface area (Å²) in [4.78, 5) is 24.9. The molecule has 0 unspecified atom stereocenters. The van der Waals surface area contributed by atoms with Gasteiger partial charge in [0.2, 0.25) is 0 Å².